The van der Waals surface area contributed by atoms with Crippen molar-refractivity contribution in [3.8, 4) is 0 Å². The predicted molar refractivity (Wildman–Crippen MR) is 52.9 cm³/mol. The Labute approximate surface area is 79.9 Å². The van der Waals surface area contributed by atoms with E-state index in [4.69, 9.17) is 4.74 Å². The van der Waals surface area contributed by atoms with Crippen molar-refractivity contribution < 1.29 is 4.74 Å². The molecule has 62 valence electrons. The van der Waals surface area contributed by atoms with E-state index in [0.717, 1.165) is 13.2 Å². The molecule has 0 saturated carbocycles. The van der Waals surface area contributed by atoms with Gasteiger partial charge >= 0.3 is 0 Å². The molecule has 1 heterocycles. The molecule has 1 unspecified atom stereocenters. The number of ether oxygens (including phenoxy) is 1. The standard InChI is InChI=1S/C7H15NO.HI/c1-8(2)6-7-4-3-5-9-7;/h7H,3-6H2,1-2H3;1H. The fourth-order valence-corrected chi connectivity index (χ4v) is 1.20. The van der Waals surface area contributed by atoms with Crippen LogP contribution in [0.2, 0.25) is 0 Å². The maximum absolute atomic E-state index is 5.42. The van der Waals surface area contributed by atoms with Crippen LogP contribution in [0.15, 0.2) is 0 Å². The Bertz CT molecular complexity index is 81.7. The minimum atomic E-state index is 0. The Hall–Kier alpha value is 0.650. The van der Waals surface area contributed by atoms with E-state index in [1.165, 1.54) is 12.8 Å². The van der Waals surface area contributed by atoms with Crippen LogP contribution < -0.4 is 0 Å². The maximum Gasteiger partial charge on any atom is 0.0702 e. The molecule has 1 aliphatic heterocycles. The van der Waals surface area contributed by atoms with Crippen LogP contribution in [0.3, 0.4) is 0 Å². The van der Waals surface area contributed by atoms with Gasteiger partial charge in [-0.3, -0.25) is 0 Å². The van der Waals surface area contributed by atoms with Gasteiger partial charge in [-0.2, -0.15) is 0 Å². The van der Waals surface area contributed by atoms with Crippen molar-refractivity contribution in [3.63, 3.8) is 0 Å². The third-order valence-corrected chi connectivity index (χ3v) is 1.59. The van der Waals surface area contributed by atoms with Crippen molar-refractivity contribution in [3.05, 3.63) is 0 Å². The number of rotatable bonds is 2. The van der Waals surface area contributed by atoms with Gasteiger partial charge in [-0.25, -0.2) is 0 Å². The first-order chi connectivity index (χ1) is 4.29. The van der Waals surface area contributed by atoms with Gasteiger partial charge in [-0.15, -0.1) is 24.0 Å². The van der Waals surface area contributed by atoms with Crippen LogP contribution in [0.25, 0.3) is 0 Å². The van der Waals surface area contributed by atoms with Crippen LogP contribution in [0.4, 0.5) is 0 Å². The second kappa shape index (κ2) is 5.32. The van der Waals surface area contributed by atoms with Crippen molar-refractivity contribution in [2.24, 2.45) is 0 Å². The second-order valence-electron chi connectivity index (χ2n) is 2.90. The normalized spacial score (nSPS) is 24.9. The molecule has 0 bridgehead atoms. The van der Waals surface area contributed by atoms with E-state index >= 15 is 0 Å². The highest BCUT2D eigenvalue weighted by molar-refractivity contribution is 14.0. The third-order valence-electron chi connectivity index (χ3n) is 1.59. The van der Waals surface area contributed by atoms with Crippen LogP contribution >= 0.6 is 24.0 Å². The molecule has 0 amide bonds. The smallest absolute Gasteiger partial charge is 0.0702 e. The van der Waals surface area contributed by atoms with Gasteiger partial charge in [0, 0.05) is 13.2 Å². The zero-order valence-corrected chi connectivity index (χ0v) is 9.00. The van der Waals surface area contributed by atoms with Gasteiger partial charge in [0.1, 0.15) is 0 Å². The zero-order chi connectivity index (χ0) is 6.69. The van der Waals surface area contributed by atoms with E-state index in [1.54, 1.807) is 0 Å². The van der Waals surface area contributed by atoms with Crippen LogP contribution in [-0.2, 0) is 4.74 Å². The fraction of sp³-hybridized carbons (Fsp3) is 1.00. The molecule has 0 aromatic rings. The number of nitrogens with zero attached hydrogens (tertiary/aromatic N) is 1. The molecule has 0 aliphatic carbocycles. The highest BCUT2D eigenvalue weighted by Crippen LogP contribution is 2.11. The van der Waals surface area contributed by atoms with Crippen LogP contribution in [-0.4, -0.2) is 38.3 Å². The van der Waals surface area contributed by atoms with Crippen molar-refractivity contribution in [1.29, 1.82) is 0 Å². The Morgan fingerprint density at radius 2 is 2.20 bits per heavy atom. The Morgan fingerprint density at radius 3 is 2.60 bits per heavy atom. The van der Waals surface area contributed by atoms with Crippen LogP contribution in [0.5, 0.6) is 0 Å². The summed E-state index contributed by atoms with van der Waals surface area (Å²) in [7, 11) is 4.17. The highest BCUT2D eigenvalue weighted by Gasteiger charge is 2.15. The summed E-state index contributed by atoms with van der Waals surface area (Å²) in [5, 5.41) is 0. The first-order valence-electron chi connectivity index (χ1n) is 3.55. The lowest BCUT2D eigenvalue weighted by atomic mass is 10.2. The molecule has 2 nitrogen and oxygen atoms in total. The average Bonchev–Trinajstić information content (AvgIpc) is 2.15. The van der Waals surface area contributed by atoms with Gasteiger partial charge in [-0.05, 0) is 26.9 Å². The molecule has 3 heteroatoms. The van der Waals surface area contributed by atoms with Crippen molar-refractivity contribution in [2.45, 2.75) is 18.9 Å². The van der Waals surface area contributed by atoms with E-state index in [-0.39, 0.29) is 24.0 Å². The van der Waals surface area contributed by atoms with Gasteiger partial charge in [0.15, 0.2) is 0 Å². The molecule has 0 N–H and O–H groups in total. The number of likely N-dealkylation sites (N-methyl/N-ethyl adjacent to an activating group) is 1. The van der Waals surface area contributed by atoms with Crippen molar-refractivity contribution >= 4 is 24.0 Å². The molecule has 0 aromatic heterocycles. The summed E-state index contributed by atoms with van der Waals surface area (Å²) < 4.78 is 5.42. The minimum absolute atomic E-state index is 0. The first kappa shape index (κ1) is 10.7. The van der Waals surface area contributed by atoms with E-state index in [0.29, 0.717) is 6.10 Å². The van der Waals surface area contributed by atoms with E-state index in [1.807, 2.05) is 0 Å². The lowest BCUT2D eigenvalue weighted by Crippen LogP contribution is -2.24. The Balaban J connectivity index is 0.000000810. The molecule has 1 aliphatic rings. The quantitative estimate of drug-likeness (QED) is 0.692. The van der Waals surface area contributed by atoms with Gasteiger partial charge in [0.2, 0.25) is 0 Å². The van der Waals surface area contributed by atoms with Gasteiger partial charge < -0.3 is 9.64 Å². The number of halogens is 1. The molecule has 1 rings (SSSR count). The third kappa shape index (κ3) is 3.73. The summed E-state index contributed by atoms with van der Waals surface area (Å²) in [6.07, 6.45) is 3.01. The SMILES string of the molecule is CN(C)CC1CCCO1.I. The molecule has 0 radical (unpaired) electrons. The summed E-state index contributed by atoms with van der Waals surface area (Å²) in [4.78, 5) is 2.18. The molecular weight excluding hydrogens is 241 g/mol. The van der Waals surface area contributed by atoms with E-state index < -0.39 is 0 Å². The zero-order valence-electron chi connectivity index (χ0n) is 6.67. The summed E-state index contributed by atoms with van der Waals surface area (Å²) in [6, 6.07) is 0. The molecule has 0 spiro atoms. The second-order valence-corrected chi connectivity index (χ2v) is 2.90. The first-order valence-corrected chi connectivity index (χ1v) is 3.55. The van der Waals surface area contributed by atoms with Crippen LogP contribution in [0, 0.1) is 0 Å². The molecular formula is C7H16INO. The van der Waals surface area contributed by atoms with Crippen molar-refractivity contribution in [1.82, 2.24) is 4.90 Å². The highest BCUT2D eigenvalue weighted by atomic mass is 127. The van der Waals surface area contributed by atoms with Gasteiger partial charge in [0.25, 0.3) is 0 Å². The maximum atomic E-state index is 5.42. The van der Waals surface area contributed by atoms with Crippen molar-refractivity contribution in [2.75, 3.05) is 27.2 Å². The Kier molecular flexibility index (Phi) is 5.67. The van der Waals surface area contributed by atoms with Crippen LogP contribution in [0.1, 0.15) is 12.8 Å². The monoisotopic (exact) mass is 257 g/mol. The number of hydrogen-bond donors (Lipinski definition) is 0. The minimum Gasteiger partial charge on any atom is -0.377 e. The predicted octanol–water partition coefficient (Wildman–Crippen LogP) is 1.34. The molecule has 1 atom stereocenters. The largest absolute Gasteiger partial charge is 0.377 e. The summed E-state index contributed by atoms with van der Waals surface area (Å²) >= 11 is 0. The summed E-state index contributed by atoms with van der Waals surface area (Å²) in [5.41, 5.74) is 0. The van der Waals surface area contributed by atoms with E-state index in [2.05, 4.69) is 19.0 Å². The molecule has 1 fully saturated rings. The lowest BCUT2D eigenvalue weighted by molar-refractivity contribution is 0.0878. The molecule has 0 aromatic carbocycles. The summed E-state index contributed by atoms with van der Waals surface area (Å²) in [6.45, 7) is 2.05. The summed E-state index contributed by atoms with van der Waals surface area (Å²) in [5.74, 6) is 0. The average molecular weight is 257 g/mol. The molecule has 10 heavy (non-hydrogen) atoms. The van der Waals surface area contributed by atoms with E-state index in [9.17, 15) is 0 Å². The Morgan fingerprint density at radius 1 is 1.50 bits per heavy atom. The van der Waals surface area contributed by atoms with Gasteiger partial charge in [-0.1, -0.05) is 0 Å². The topological polar surface area (TPSA) is 12.5 Å². The molecule has 1 saturated heterocycles. The number of hydrogen-bond acceptors (Lipinski definition) is 2. The fourth-order valence-electron chi connectivity index (χ4n) is 1.20. The van der Waals surface area contributed by atoms with Gasteiger partial charge in [0.05, 0.1) is 6.10 Å². The lowest BCUT2D eigenvalue weighted by Gasteiger charge is -2.14.